The summed E-state index contributed by atoms with van der Waals surface area (Å²) in [5, 5.41) is 25.2. The molecule has 4 unspecified atom stereocenters. The van der Waals surface area contributed by atoms with Crippen LogP contribution in [0.2, 0.25) is 0 Å². The average molecular weight is 639 g/mol. The number of benzene rings is 1. The molecule has 6 rings (SSSR count). The summed E-state index contributed by atoms with van der Waals surface area (Å²) in [5.74, 6) is -4.15. The highest BCUT2D eigenvalue weighted by atomic mass is 19.4. The van der Waals surface area contributed by atoms with Gasteiger partial charge in [-0.1, -0.05) is 0 Å². The van der Waals surface area contributed by atoms with Gasteiger partial charge in [-0.3, -0.25) is 10.1 Å². The summed E-state index contributed by atoms with van der Waals surface area (Å²) in [4.78, 5) is 24.5. The molecule has 0 aliphatic carbocycles. The van der Waals surface area contributed by atoms with E-state index < -0.39 is 77.9 Å². The van der Waals surface area contributed by atoms with Gasteiger partial charge in [0.15, 0.2) is 17.4 Å². The van der Waals surface area contributed by atoms with E-state index in [1.807, 2.05) is 4.90 Å². The van der Waals surface area contributed by atoms with Crippen LogP contribution in [0.3, 0.4) is 0 Å². The minimum absolute atomic E-state index is 0.0591. The van der Waals surface area contributed by atoms with E-state index in [1.54, 1.807) is 20.8 Å². The highest BCUT2D eigenvalue weighted by molar-refractivity contribution is 6.02. The number of nitrogens with zero attached hydrogens (tertiary/aromatic N) is 3. The minimum Gasteiger partial charge on any atom is -0.472 e. The van der Waals surface area contributed by atoms with E-state index in [0.29, 0.717) is 30.2 Å². The largest absolute Gasteiger partial charge is 0.573 e. The fourth-order valence-electron chi connectivity index (χ4n) is 6.72. The second-order valence-corrected chi connectivity index (χ2v) is 11.8. The van der Waals surface area contributed by atoms with Crippen molar-refractivity contribution in [2.45, 2.75) is 69.7 Å². The Bertz CT molecular complexity index is 1700. The van der Waals surface area contributed by atoms with Crippen molar-refractivity contribution in [1.29, 1.82) is 0 Å². The zero-order valence-corrected chi connectivity index (χ0v) is 24.4. The van der Waals surface area contributed by atoms with E-state index in [2.05, 4.69) is 20.4 Å². The lowest BCUT2D eigenvalue weighted by molar-refractivity contribution is -0.275. The second kappa shape index (κ2) is 10.8. The molecule has 2 fully saturated rings. The van der Waals surface area contributed by atoms with Crippen LogP contribution in [0, 0.1) is 25.5 Å². The number of rotatable bonds is 6. The Kier molecular flexibility index (Phi) is 7.44. The average Bonchev–Trinajstić information content (AvgIpc) is 3.26. The molecule has 0 saturated carbocycles. The molecule has 1 aromatic carbocycles. The summed E-state index contributed by atoms with van der Waals surface area (Å²) in [6.45, 7) is 4.10. The van der Waals surface area contributed by atoms with Crippen LogP contribution >= 0.6 is 0 Å². The molecular formula is C29H31F5N6O5. The lowest BCUT2D eigenvalue weighted by atomic mass is 9.92. The Balaban J connectivity index is 1.56. The van der Waals surface area contributed by atoms with E-state index in [4.69, 9.17) is 15.5 Å². The number of nitrogens with two attached hydrogens (primary N) is 1. The fourth-order valence-corrected chi connectivity index (χ4v) is 6.72. The third kappa shape index (κ3) is 5.04. The van der Waals surface area contributed by atoms with Crippen LogP contribution in [0.4, 0.5) is 33.5 Å². The van der Waals surface area contributed by atoms with Gasteiger partial charge >= 0.3 is 6.36 Å². The zero-order chi connectivity index (χ0) is 32.6. The lowest BCUT2D eigenvalue weighted by Gasteiger charge is -2.47. The number of carbonyl (C=O) groups is 1. The Morgan fingerprint density at radius 2 is 1.96 bits per heavy atom. The molecule has 6 N–H and O–H groups in total. The van der Waals surface area contributed by atoms with Crippen LogP contribution in [0.15, 0.2) is 12.1 Å². The highest BCUT2D eigenvalue weighted by Gasteiger charge is 2.57. The van der Waals surface area contributed by atoms with Crippen LogP contribution in [0.5, 0.6) is 11.6 Å². The van der Waals surface area contributed by atoms with Crippen LogP contribution in [0.25, 0.3) is 22.0 Å². The molecule has 1 amide bonds. The molecule has 3 aliphatic heterocycles. The van der Waals surface area contributed by atoms with Crippen molar-refractivity contribution < 1.29 is 46.4 Å². The molecular weight excluding hydrogens is 607 g/mol. The minimum atomic E-state index is -5.30. The molecule has 3 aromatic rings. The molecule has 11 nitrogen and oxygen atoms in total. The third-order valence-electron chi connectivity index (χ3n) is 8.88. The number of alkyl halides is 3. The van der Waals surface area contributed by atoms with Crippen molar-refractivity contribution in [3.63, 3.8) is 0 Å². The molecule has 0 spiro atoms. The summed E-state index contributed by atoms with van der Waals surface area (Å²) >= 11 is 0. The summed E-state index contributed by atoms with van der Waals surface area (Å²) in [7, 11) is 0. The molecule has 16 heteroatoms. The third-order valence-corrected chi connectivity index (χ3v) is 8.88. The first-order chi connectivity index (χ1) is 21.2. The lowest BCUT2D eigenvalue weighted by Crippen LogP contribution is -2.72. The number of hydrogen-bond donors (Lipinski definition) is 5. The maximum absolute atomic E-state index is 16.6. The number of piperazine rings is 1. The van der Waals surface area contributed by atoms with Gasteiger partial charge in [0.25, 0.3) is 0 Å². The number of aliphatic hydroxyl groups excluding tert-OH is 2. The quantitative estimate of drug-likeness (QED) is 0.201. The normalized spacial score (nSPS) is 24.0. The molecule has 5 heterocycles. The van der Waals surface area contributed by atoms with Crippen LogP contribution < -0.4 is 30.7 Å². The van der Waals surface area contributed by atoms with E-state index in [1.165, 1.54) is 0 Å². The molecule has 242 valence electrons. The van der Waals surface area contributed by atoms with Crippen molar-refractivity contribution in [2.75, 3.05) is 30.4 Å². The van der Waals surface area contributed by atoms with Crippen LogP contribution in [0.1, 0.15) is 31.0 Å². The van der Waals surface area contributed by atoms with Gasteiger partial charge in [-0.25, -0.2) is 18.7 Å². The summed E-state index contributed by atoms with van der Waals surface area (Å²) in [6.07, 6.45) is -4.99. The molecule has 3 aliphatic rings. The number of carbonyl (C=O) groups excluding carboxylic acids is 1. The molecule has 4 atom stereocenters. The van der Waals surface area contributed by atoms with Gasteiger partial charge in [-0.2, -0.15) is 0 Å². The predicted octanol–water partition coefficient (Wildman–Crippen LogP) is 2.60. The number of ether oxygens (including phenoxy) is 2. The molecule has 2 saturated heterocycles. The van der Waals surface area contributed by atoms with Crippen molar-refractivity contribution in [2.24, 2.45) is 0 Å². The number of pyridine rings is 2. The number of nitrogen functional groups attached to an aromatic ring is 1. The van der Waals surface area contributed by atoms with Crippen molar-refractivity contribution >= 4 is 28.2 Å². The van der Waals surface area contributed by atoms with Gasteiger partial charge in [0.2, 0.25) is 11.8 Å². The summed E-state index contributed by atoms with van der Waals surface area (Å²) in [6, 6.07) is -0.0486. The monoisotopic (exact) mass is 638 g/mol. The molecule has 0 radical (unpaired) electrons. The van der Waals surface area contributed by atoms with Crippen LogP contribution in [-0.4, -0.2) is 82.0 Å². The first-order valence-electron chi connectivity index (χ1n) is 14.3. The number of amides is 1. The Morgan fingerprint density at radius 3 is 2.62 bits per heavy atom. The topological polar surface area (TPSA) is 155 Å². The van der Waals surface area contributed by atoms with Crippen molar-refractivity contribution in [3.8, 4) is 22.9 Å². The van der Waals surface area contributed by atoms with Crippen molar-refractivity contribution in [3.05, 3.63) is 35.0 Å². The van der Waals surface area contributed by atoms with E-state index in [9.17, 15) is 32.6 Å². The van der Waals surface area contributed by atoms with E-state index in [0.717, 1.165) is 6.07 Å². The number of anilines is 2. The van der Waals surface area contributed by atoms with Gasteiger partial charge in [0.05, 0.1) is 36.2 Å². The number of nitrogens with one attached hydrogen (secondary N) is 2. The van der Waals surface area contributed by atoms with Gasteiger partial charge in [-0.05, 0) is 45.2 Å². The number of fused-ring (bicyclic) bond motifs is 5. The first-order valence-corrected chi connectivity index (χ1v) is 14.3. The number of aliphatic hydroxyl groups is 2. The Labute approximate surface area is 253 Å². The maximum atomic E-state index is 16.6. The van der Waals surface area contributed by atoms with Crippen LogP contribution in [-0.2, 0) is 4.79 Å². The fraction of sp³-hybridized carbons (Fsp3) is 0.483. The predicted molar refractivity (Wildman–Crippen MR) is 152 cm³/mol. The smallest absolute Gasteiger partial charge is 0.472 e. The summed E-state index contributed by atoms with van der Waals surface area (Å²) < 4.78 is 81.7. The van der Waals surface area contributed by atoms with Gasteiger partial charge in [0.1, 0.15) is 23.2 Å². The maximum Gasteiger partial charge on any atom is 0.573 e. The first kappa shape index (κ1) is 31.0. The highest BCUT2D eigenvalue weighted by Crippen LogP contribution is 2.48. The zero-order valence-electron chi connectivity index (χ0n) is 24.4. The Morgan fingerprint density at radius 1 is 1.24 bits per heavy atom. The van der Waals surface area contributed by atoms with Gasteiger partial charge < -0.3 is 35.6 Å². The SMILES string of the molecule is Cc1nc2c3c(nc(-c4cc(N)cc(F)c4OC(F)(F)F)c(F)c3c1C)OC(C)C1C3CCC(C(=O)NC(CO)CO)(CN21)N3. The molecule has 2 aromatic heterocycles. The Hall–Kier alpha value is -4.02. The standard InChI is InChI=1S/C29H31F5N6O5/c1-11-12(2)36-25-20-19(11)21(31)22(16-6-14(35)7-17(30)24(16)45-29(32,33)34)38-26(20)44-13(3)23-18-4-5-28(39-18,10-40(23)25)27(43)37-15(8-41)9-42/h6-7,13,15,18,23,39,41-42H,4-5,8-10,35H2,1-3H3,(H,37,43). The van der Waals surface area contributed by atoms with E-state index in [-0.39, 0.29) is 40.7 Å². The van der Waals surface area contributed by atoms with E-state index >= 15 is 4.39 Å². The number of aryl methyl sites for hydroxylation is 2. The van der Waals surface area contributed by atoms with Crippen molar-refractivity contribution in [1.82, 2.24) is 20.6 Å². The number of hydrogen-bond acceptors (Lipinski definition) is 10. The number of halogens is 5. The summed E-state index contributed by atoms with van der Waals surface area (Å²) in [5.41, 5.74) is 3.74. The van der Waals surface area contributed by atoms with Gasteiger partial charge in [-0.15, -0.1) is 13.2 Å². The van der Waals surface area contributed by atoms with Gasteiger partial charge in [0, 0.05) is 35.4 Å². The molecule has 2 bridgehead atoms. The second-order valence-electron chi connectivity index (χ2n) is 11.8. The molecule has 45 heavy (non-hydrogen) atoms. The number of aromatic nitrogens is 2.